The molecule has 1 amide bonds. The van der Waals surface area contributed by atoms with E-state index >= 15 is 0 Å². The third-order valence-electron chi connectivity index (χ3n) is 5.84. The van der Waals surface area contributed by atoms with E-state index in [2.05, 4.69) is 25.5 Å². The van der Waals surface area contributed by atoms with Crippen LogP contribution in [-0.2, 0) is 22.6 Å². The van der Waals surface area contributed by atoms with Crippen LogP contribution in [0.15, 0.2) is 23.0 Å². The van der Waals surface area contributed by atoms with E-state index < -0.39 is 0 Å². The van der Waals surface area contributed by atoms with E-state index in [1.165, 1.54) is 0 Å². The molecule has 1 aliphatic carbocycles. The third kappa shape index (κ3) is 3.74. The number of amides is 1. The number of nitrogens with zero attached hydrogens (tertiary/aromatic N) is 5. The molecule has 9 nitrogen and oxygen atoms in total. The first-order chi connectivity index (χ1) is 13.1. The number of aromatic nitrogens is 4. The fourth-order valence-corrected chi connectivity index (χ4v) is 4.50. The molecule has 0 radical (unpaired) electrons. The fourth-order valence-electron chi connectivity index (χ4n) is 4.50. The monoisotopic (exact) mass is 374 g/mol. The highest BCUT2D eigenvalue weighted by atomic mass is 16.5. The minimum absolute atomic E-state index is 0.00862. The smallest absolute Gasteiger partial charge is 0.241 e. The van der Waals surface area contributed by atoms with E-state index in [9.17, 15) is 4.79 Å². The Kier molecular flexibility index (Phi) is 4.96. The second-order valence-corrected chi connectivity index (χ2v) is 7.48. The quantitative estimate of drug-likeness (QED) is 0.802. The van der Waals surface area contributed by atoms with Gasteiger partial charge in [0.2, 0.25) is 11.8 Å². The van der Waals surface area contributed by atoms with Gasteiger partial charge in [0, 0.05) is 38.1 Å². The lowest BCUT2D eigenvalue weighted by Gasteiger charge is -2.43. The molecule has 0 bridgehead atoms. The van der Waals surface area contributed by atoms with E-state index in [0.717, 1.165) is 32.2 Å². The Morgan fingerprint density at radius 1 is 1.48 bits per heavy atom. The summed E-state index contributed by atoms with van der Waals surface area (Å²) < 4.78 is 12.9. The number of likely N-dealkylation sites (tertiary alicyclic amines) is 1. The molecule has 1 saturated carbocycles. The van der Waals surface area contributed by atoms with Crippen LogP contribution < -0.4 is 5.32 Å². The zero-order valence-electron chi connectivity index (χ0n) is 15.8. The van der Waals surface area contributed by atoms with Crippen LogP contribution in [0.5, 0.6) is 0 Å². The van der Waals surface area contributed by atoms with Gasteiger partial charge in [-0.05, 0) is 38.7 Å². The van der Waals surface area contributed by atoms with Crippen LogP contribution in [-0.4, -0.2) is 62.1 Å². The number of carbonyl (C=O) groups excluding carboxylic acids is 1. The van der Waals surface area contributed by atoms with E-state index in [4.69, 9.17) is 9.26 Å². The lowest BCUT2D eigenvalue weighted by molar-refractivity contribution is -0.124. The van der Waals surface area contributed by atoms with Crippen LogP contribution in [0, 0.1) is 6.92 Å². The molecule has 3 atom stereocenters. The summed E-state index contributed by atoms with van der Waals surface area (Å²) in [6.07, 6.45) is 7.15. The normalized spacial score (nSPS) is 28.2. The molecule has 0 spiro atoms. The molecule has 146 valence electrons. The summed E-state index contributed by atoms with van der Waals surface area (Å²) >= 11 is 0. The van der Waals surface area contributed by atoms with E-state index in [0.29, 0.717) is 18.3 Å². The maximum absolute atomic E-state index is 12.3. The van der Waals surface area contributed by atoms with Gasteiger partial charge in [0.25, 0.3) is 0 Å². The number of ether oxygens (including phenoxy) is 1. The minimum atomic E-state index is -0.154. The summed E-state index contributed by atoms with van der Waals surface area (Å²) in [6, 6.07) is 2.17. The molecule has 2 aromatic heterocycles. The van der Waals surface area contributed by atoms with Gasteiger partial charge in [-0.1, -0.05) is 5.16 Å². The second kappa shape index (κ2) is 7.40. The fraction of sp³-hybridized carbons (Fsp3) is 0.667. The van der Waals surface area contributed by atoms with Gasteiger partial charge in [-0.25, -0.2) is 0 Å². The van der Waals surface area contributed by atoms with Crippen molar-refractivity contribution in [1.82, 2.24) is 30.1 Å². The molecule has 2 aromatic rings. The van der Waals surface area contributed by atoms with Crippen molar-refractivity contribution in [3.05, 3.63) is 30.2 Å². The number of carbonyl (C=O) groups is 1. The predicted molar refractivity (Wildman–Crippen MR) is 95.6 cm³/mol. The highest BCUT2D eigenvalue weighted by molar-refractivity contribution is 5.75. The first-order valence-electron chi connectivity index (χ1n) is 9.43. The number of rotatable bonds is 6. The van der Waals surface area contributed by atoms with Crippen molar-refractivity contribution < 1.29 is 14.1 Å². The SMILES string of the molecule is CO[C@@]12CC[C@@H](NC(=O)Cn3cccn3)C[C@@H]1N(Cc1nc(C)no1)CC2. The number of nitrogens with one attached hydrogen (secondary N) is 1. The first-order valence-corrected chi connectivity index (χ1v) is 9.43. The zero-order valence-corrected chi connectivity index (χ0v) is 15.8. The number of methoxy groups -OCH3 is 1. The Labute approximate surface area is 158 Å². The molecule has 1 N–H and O–H groups in total. The van der Waals surface area contributed by atoms with Crippen molar-refractivity contribution in [3.8, 4) is 0 Å². The average molecular weight is 374 g/mol. The number of hydrogen-bond donors (Lipinski definition) is 1. The van der Waals surface area contributed by atoms with Gasteiger partial charge in [-0.2, -0.15) is 10.1 Å². The highest BCUT2D eigenvalue weighted by Gasteiger charge is 2.51. The van der Waals surface area contributed by atoms with Crippen molar-refractivity contribution in [3.63, 3.8) is 0 Å². The van der Waals surface area contributed by atoms with E-state index in [-0.39, 0.29) is 30.1 Å². The molecular formula is C18H26N6O3. The van der Waals surface area contributed by atoms with E-state index in [1.54, 1.807) is 24.2 Å². The summed E-state index contributed by atoms with van der Waals surface area (Å²) in [5, 5.41) is 11.1. The minimum Gasteiger partial charge on any atom is -0.377 e. The molecular weight excluding hydrogens is 348 g/mol. The van der Waals surface area contributed by atoms with Gasteiger partial charge >= 0.3 is 0 Å². The van der Waals surface area contributed by atoms with Crippen LogP contribution in [0.4, 0.5) is 0 Å². The second-order valence-electron chi connectivity index (χ2n) is 7.48. The maximum atomic E-state index is 12.3. The summed E-state index contributed by atoms with van der Waals surface area (Å²) in [7, 11) is 1.80. The van der Waals surface area contributed by atoms with Gasteiger partial charge < -0.3 is 14.6 Å². The highest BCUT2D eigenvalue weighted by Crippen LogP contribution is 2.42. The molecule has 1 aliphatic heterocycles. The third-order valence-corrected chi connectivity index (χ3v) is 5.84. The molecule has 27 heavy (non-hydrogen) atoms. The molecule has 1 saturated heterocycles. The molecule has 3 heterocycles. The van der Waals surface area contributed by atoms with Gasteiger partial charge in [0.15, 0.2) is 5.82 Å². The standard InChI is InChI=1S/C18H26N6O3/c1-13-20-17(27-22-13)12-23-9-6-18(26-2)5-4-14(10-15(18)23)21-16(25)11-24-8-3-7-19-24/h3,7-8,14-15H,4-6,9-12H2,1-2H3,(H,21,25)/t14-,15+,18-/m1/s1. The molecule has 0 unspecified atom stereocenters. The lowest BCUT2D eigenvalue weighted by Crippen LogP contribution is -2.54. The average Bonchev–Trinajstić information content (AvgIpc) is 3.37. The van der Waals surface area contributed by atoms with E-state index in [1.807, 2.05) is 13.0 Å². The molecule has 4 rings (SSSR count). The topological polar surface area (TPSA) is 98.3 Å². The van der Waals surface area contributed by atoms with Crippen molar-refractivity contribution >= 4 is 5.91 Å². The Hall–Kier alpha value is -2.26. The Morgan fingerprint density at radius 2 is 2.37 bits per heavy atom. The van der Waals surface area contributed by atoms with Crippen LogP contribution in [0.3, 0.4) is 0 Å². The van der Waals surface area contributed by atoms with Gasteiger partial charge in [0.1, 0.15) is 6.54 Å². The molecule has 0 aromatic carbocycles. The van der Waals surface area contributed by atoms with Crippen LogP contribution in [0.2, 0.25) is 0 Å². The Balaban J connectivity index is 1.41. The number of aryl methyl sites for hydroxylation is 1. The van der Waals surface area contributed by atoms with Gasteiger partial charge in [-0.3, -0.25) is 14.4 Å². The summed E-state index contributed by atoms with van der Waals surface area (Å²) in [4.78, 5) is 19.0. The number of hydrogen-bond acceptors (Lipinski definition) is 7. The summed E-state index contributed by atoms with van der Waals surface area (Å²) in [5.41, 5.74) is -0.154. The molecule has 2 aliphatic rings. The Bertz CT molecular complexity index is 776. The van der Waals surface area contributed by atoms with Gasteiger partial charge in [0.05, 0.1) is 12.1 Å². The van der Waals surface area contributed by atoms with Crippen LogP contribution in [0.25, 0.3) is 0 Å². The predicted octanol–water partition coefficient (Wildman–Crippen LogP) is 0.903. The molecule has 9 heteroatoms. The first kappa shape index (κ1) is 18.1. The van der Waals surface area contributed by atoms with Gasteiger partial charge in [-0.15, -0.1) is 0 Å². The van der Waals surface area contributed by atoms with Crippen molar-refractivity contribution in [2.45, 2.75) is 63.4 Å². The summed E-state index contributed by atoms with van der Waals surface area (Å²) in [5.74, 6) is 1.27. The van der Waals surface area contributed by atoms with Crippen molar-refractivity contribution in [2.75, 3.05) is 13.7 Å². The van der Waals surface area contributed by atoms with Crippen molar-refractivity contribution in [2.24, 2.45) is 0 Å². The maximum Gasteiger partial charge on any atom is 0.241 e. The zero-order chi connectivity index (χ0) is 18.9. The Morgan fingerprint density at radius 3 is 3.07 bits per heavy atom. The number of fused-ring (bicyclic) bond motifs is 1. The largest absolute Gasteiger partial charge is 0.377 e. The van der Waals surface area contributed by atoms with Crippen LogP contribution >= 0.6 is 0 Å². The lowest BCUT2D eigenvalue weighted by atomic mass is 9.78. The van der Waals surface area contributed by atoms with Crippen molar-refractivity contribution in [1.29, 1.82) is 0 Å². The summed E-state index contributed by atoms with van der Waals surface area (Å²) in [6.45, 7) is 3.61. The van der Waals surface area contributed by atoms with Crippen LogP contribution in [0.1, 0.15) is 37.4 Å². The molecule has 2 fully saturated rings.